The number of tetrazole rings is 1. The van der Waals surface area contributed by atoms with Crippen LogP contribution in [0, 0.1) is 0 Å². The van der Waals surface area contributed by atoms with Gasteiger partial charge >= 0.3 is 0 Å². The lowest BCUT2D eigenvalue weighted by Crippen LogP contribution is -2.40. The van der Waals surface area contributed by atoms with Crippen molar-refractivity contribution >= 4 is 17.5 Å². The van der Waals surface area contributed by atoms with Crippen LogP contribution < -0.4 is 5.32 Å². The number of aromatic nitrogens is 4. The summed E-state index contributed by atoms with van der Waals surface area (Å²) in [6, 6.07) is 16.6. The monoisotopic (exact) mass is 420 g/mol. The van der Waals surface area contributed by atoms with Crippen molar-refractivity contribution in [3.05, 3.63) is 60.2 Å². The zero-order chi connectivity index (χ0) is 21.5. The Hall–Kier alpha value is -3.59. The van der Waals surface area contributed by atoms with Gasteiger partial charge < -0.3 is 15.0 Å². The first-order valence-electron chi connectivity index (χ1n) is 10.3. The minimum absolute atomic E-state index is 0.0501. The van der Waals surface area contributed by atoms with Gasteiger partial charge in [-0.05, 0) is 29.8 Å². The Balaban J connectivity index is 1.26. The molecule has 1 saturated heterocycles. The molecule has 9 heteroatoms. The molecule has 1 aromatic heterocycles. The summed E-state index contributed by atoms with van der Waals surface area (Å²) < 4.78 is 5.29. The van der Waals surface area contributed by atoms with E-state index in [9.17, 15) is 9.59 Å². The number of nitrogens with zero attached hydrogens (tertiary/aromatic N) is 5. The predicted octanol–water partition coefficient (Wildman–Crippen LogP) is 2.23. The first-order valence-corrected chi connectivity index (χ1v) is 10.3. The van der Waals surface area contributed by atoms with E-state index in [1.165, 1.54) is 4.80 Å². The van der Waals surface area contributed by atoms with Gasteiger partial charge in [0.25, 0.3) is 5.91 Å². The Morgan fingerprint density at radius 2 is 1.84 bits per heavy atom. The Kier molecular flexibility index (Phi) is 6.63. The summed E-state index contributed by atoms with van der Waals surface area (Å²) in [6.45, 7) is 2.75. The molecule has 31 heavy (non-hydrogen) atoms. The van der Waals surface area contributed by atoms with Crippen LogP contribution in [-0.2, 0) is 16.1 Å². The lowest BCUT2D eigenvalue weighted by Gasteiger charge is -2.27. The zero-order valence-corrected chi connectivity index (χ0v) is 17.1. The van der Waals surface area contributed by atoms with Crippen molar-refractivity contribution in [3.63, 3.8) is 0 Å². The van der Waals surface area contributed by atoms with Gasteiger partial charge in [-0.15, -0.1) is 10.2 Å². The number of carbonyl (C=O) groups excluding carboxylic acids is 2. The highest BCUT2D eigenvalue weighted by Crippen LogP contribution is 2.15. The number of anilines is 1. The molecule has 0 spiro atoms. The summed E-state index contributed by atoms with van der Waals surface area (Å²) in [6.07, 6.45) is 0.882. The van der Waals surface area contributed by atoms with Gasteiger partial charge in [0.1, 0.15) is 0 Å². The smallest absolute Gasteiger partial charge is 0.254 e. The minimum atomic E-state index is -0.126. The Morgan fingerprint density at radius 1 is 1.03 bits per heavy atom. The Morgan fingerprint density at radius 3 is 2.65 bits per heavy atom. The fraction of sp³-hybridized carbons (Fsp3) is 0.318. The highest BCUT2D eigenvalue weighted by Gasteiger charge is 2.18. The number of carbonyl (C=O) groups is 2. The van der Waals surface area contributed by atoms with E-state index in [0.29, 0.717) is 62.8 Å². The van der Waals surface area contributed by atoms with Crippen LogP contribution in [0.5, 0.6) is 0 Å². The van der Waals surface area contributed by atoms with E-state index in [1.54, 1.807) is 29.2 Å². The first kappa shape index (κ1) is 20.7. The van der Waals surface area contributed by atoms with Crippen molar-refractivity contribution in [2.24, 2.45) is 0 Å². The summed E-state index contributed by atoms with van der Waals surface area (Å²) in [5.41, 5.74) is 2.06. The number of amides is 2. The maximum Gasteiger partial charge on any atom is 0.254 e. The molecule has 2 amide bonds. The quantitative estimate of drug-likeness (QED) is 0.629. The molecule has 2 heterocycles. The summed E-state index contributed by atoms with van der Waals surface area (Å²) in [7, 11) is 0. The standard InChI is InChI=1S/C22H24N6O3/c29-20(10-5-11-28-25-21(24-26-28)17-6-2-1-3-7-17)23-19-9-4-8-18(16-19)22(30)27-12-14-31-15-13-27/h1-4,6-9,16H,5,10-15H2,(H,23,29). The molecule has 160 valence electrons. The van der Waals surface area contributed by atoms with Crippen molar-refractivity contribution in [3.8, 4) is 11.4 Å². The lowest BCUT2D eigenvalue weighted by atomic mass is 10.1. The van der Waals surface area contributed by atoms with Crippen LogP contribution in [0.25, 0.3) is 11.4 Å². The van der Waals surface area contributed by atoms with Crippen molar-refractivity contribution in [2.45, 2.75) is 19.4 Å². The third kappa shape index (κ3) is 5.52. The molecule has 1 aliphatic rings. The maximum absolute atomic E-state index is 12.6. The van der Waals surface area contributed by atoms with Crippen LogP contribution >= 0.6 is 0 Å². The topological polar surface area (TPSA) is 102 Å². The normalized spacial score (nSPS) is 13.7. The zero-order valence-electron chi connectivity index (χ0n) is 17.1. The molecule has 0 aliphatic carbocycles. The number of nitrogens with one attached hydrogen (secondary N) is 1. The first-order chi connectivity index (χ1) is 15.2. The molecule has 4 rings (SSSR count). The van der Waals surface area contributed by atoms with Crippen LogP contribution in [0.15, 0.2) is 54.6 Å². The van der Waals surface area contributed by atoms with E-state index in [2.05, 4.69) is 20.7 Å². The number of benzene rings is 2. The SMILES string of the molecule is O=C(CCCn1nnc(-c2ccccc2)n1)Nc1cccc(C(=O)N2CCOCC2)c1. The van der Waals surface area contributed by atoms with Gasteiger partial charge in [-0.1, -0.05) is 36.4 Å². The average molecular weight is 420 g/mol. The number of morpholine rings is 1. The second kappa shape index (κ2) is 9.94. The van der Waals surface area contributed by atoms with Gasteiger partial charge in [-0.2, -0.15) is 4.80 Å². The predicted molar refractivity (Wildman–Crippen MR) is 114 cm³/mol. The molecule has 0 radical (unpaired) electrons. The van der Waals surface area contributed by atoms with Crippen LogP contribution in [0.3, 0.4) is 0 Å². The Labute approximate surface area is 180 Å². The molecule has 0 unspecified atom stereocenters. The van der Waals surface area contributed by atoms with E-state index in [-0.39, 0.29) is 11.8 Å². The molecule has 1 aliphatic heterocycles. The molecule has 3 aromatic rings. The van der Waals surface area contributed by atoms with E-state index in [0.717, 1.165) is 5.56 Å². The van der Waals surface area contributed by atoms with Gasteiger partial charge in [-0.25, -0.2) is 0 Å². The number of rotatable bonds is 7. The molecular formula is C22H24N6O3. The minimum Gasteiger partial charge on any atom is -0.378 e. The Bertz CT molecular complexity index is 1030. The van der Waals surface area contributed by atoms with E-state index >= 15 is 0 Å². The molecule has 9 nitrogen and oxygen atoms in total. The van der Waals surface area contributed by atoms with Gasteiger partial charge in [0.05, 0.1) is 19.8 Å². The van der Waals surface area contributed by atoms with Crippen LogP contribution in [0.1, 0.15) is 23.2 Å². The van der Waals surface area contributed by atoms with Crippen molar-refractivity contribution in [2.75, 3.05) is 31.6 Å². The molecule has 0 bridgehead atoms. The summed E-state index contributed by atoms with van der Waals surface area (Å²) in [5.74, 6) is 0.386. The molecule has 1 N–H and O–H groups in total. The fourth-order valence-electron chi connectivity index (χ4n) is 3.32. The van der Waals surface area contributed by atoms with Gasteiger partial charge in [0, 0.05) is 36.3 Å². The van der Waals surface area contributed by atoms with Crippen molar-refractivity contribution < 1.29 is 14.3 Å². The number of hydrogen-bond acceptors (Lipinski definition) is 6. The second-order valence-corrected chi connectivity index (χ2v) is 7.21. The van der Waals surface area contributed by atoms with E-state index in [4.69, 9.17) is 4.74 Å². The van der Waals surface area contributed by atoms with Gasteiger partial charge in [-0.3, -0.25) is 9.59 Å². The molecule has 1 fully saturated rings. The third-order valence-corrected chi connectivity index (χ3v) is 4.94. The number of hydrogen-bond donors (Lipinski definition) is 1. The van der Waals surface area contributed by atoms with Crippen molar-refractivity contribution in [1.29, 1.82) is 0 Å². The number of aryl methyl sites for hydroxylation is 1. The van der Waals surface area contributed by atoms with E-state index < -0.39 is 0 Å². The summed E-state index contributed by atoms with van der Waals surface area (Å²) in [4.78, 5) is 28.2. The summed E-state index contributed by atoms with van der Waals surface area (Å²) >= 11 is 0. The third-order valence-electron chi connectivity index (χ3n) is 4.94. The molecule has 0 saturated carbocycles. The van der Waals surface area contributed by atoms with Crippen LogP contribution in [0.2, 0.25) is 0 Å². The second-order valence-electron chi connectivity index (χ2n) is 7.21. The largest absolute Gasteiger partial charge is 0.378 e. The molecular weight excluding hydrogens is 396 g/mol. The van der Waals surface area contributed by atoms with Gasteiger partial charge in [0.15, 0.2) is 0 Å². The van der Waals surface area contributed by atoms with E-state index in [1.807, 2.05) is 30.3 Å². The van der Waals surface area contributed by atoms with Crippen molar-refractivity contribution in [1.82, 2.24) is 25.1 Å². The highest BCUT2D eigenvalue weighted by molar-refractivity contribution is 5.97. The molecule has 2 aromatic carbocycles. The maximum atomic E-state index is 12.6. The molecule has 0 atom stereocenters. The fourth-order valence-corrected chi connectivity index (χ4v) is 3.32. The van der Waals surface area contributed by atoms with Crippen LogP contribution in [0.4, 0.5) is 5.69 Å². The summed E-state index contributed by atoms with van der Waals surface area (Å²) in [5, 5.41) is 15.3. The average Bonchev–Trinajstić information content (AvgIpc) is 3.29. The van der Waals surface area contributed by atoms with Gasteiger partial charge in [0.2, 0.25) is 11.7 Å². The van der Waals surface area contributed by atoms with Crippen LogP contribution in [-0.4, -0.2) is 63.2 Å². The number of ether oxygens (including phenoxy) is 1. The highest BCUT2D eigenvalue weighted by atomic mass is 16.5. The lowest BCUT2D eigenvalue weighted by molar-refractivity contribution is -0.116.